The van der Waals surface area contributed by atoms with Crippen LogP contribution in [0.4, 0.5) is 10.1 Å². The summed E-state index contributed by atoms with van der Waals surface area (Å²) in [5.74, 6) is -0.543. The Morgan fingerprint density at radius 3 is 2.71 bits per heavy atom. The van der Waals surface area contributed by atoms with E-state index in [9.17, 15) is 19.6 Å². The molecule has 0 bridgehead atoms. The van der Waals surface area contributed by atoms with Crippen LogP contribution in [0.25, 0.3) is 0 Å². The van der Waals surface area contributed by atoms with E-state index in [1.807, 2.05) is 0 Å². The van der Waals surface area contributed by atoms with Crippen LogP contribution >= 0.6 is 11.6 Å². The summed E-state index contributed by atoms with van der Waals surface area (Å²) in [5, 5.41) is 20.1. The molecule has 2 aromatic rings. The van der Waals surface area contributed by atoms with Gasteiger partial charge in [-0.2, -0.15) is 4.39 Å². The number of nitro groups is 1. The number of rotatable bonds is 5. The number of hydrogen-bond acceptors (Lipinski definition) is 4. The highest BCUT2D eigenvalue weighted by Crippen LogP contribution is 2.27. The number of halogens is 2. The van der Waals surface area contributed by atoms with E-state index in [0.717, 1.165) is 12.1 Å². The average molecular weight is 312 g/mol. The summed E-state index contributed by atoms with van der Waals surface area (Å²) in [5.41, 5.74) is 0.279. The zero-order chi connectivity index (χ0) is 15.4. The molecule has 2 aromatic carbocycles. The van der Waals surface area contributed by atoms with E-state index >= 15 is 0 Å². The van der Waals surface area contributed by atoms with Gasteiger partial charge in [0.2, 0.25) is 5.82 Å². The maximum Gasteiger partial charge on any atom is 0.304 e. The Balaban J connectivity index is 2.15. The van der Waals surface area contributed by atoms with Crippen LogP contribution < -0.4 is 4.74 Å². The molecule has 21 heavy (non-hydrogen) atoms. The lowest BCUT2D eigenvalue weighted by Crippen LogP contribution is -2.01. The van der Waals surface area contributed by atoms with E-state index in [4.69, 9.17) is 16.3 Å². The van der Waals surface area contributed by atoms with Crippen LogP contribution in [0.2, 0.25) is 5.02 Å². The maximum atomic E-state index is 13.5. The lowest BCUT2D eigenvalue weighted by atomic mass is 10.2. The van der Waals surface area contributed by atoms with Gasteiger partial charge in [0.05, 0.1) is 11.5 Å². The predicted molar refractivity (Wildman–Crippen MR) is 74.8 cm³/mol. The zero-order valence-electron chi connectivity index (χ0n) is 10.8. The van der Waals surface area contributed by atoms with E-state index < -0.39 is 16.4 Å². The van der Waals surface area contributed by atoms with Crippen molar-refractivity contribution < 1.29 is 19.2 Å². The Morgan fingerprint density at radius 1 is 1.33 bits per heavy atom. The Labute approximate surface area is 124 Å². The molecular formula is C14H11ClFNO4. The van der Waals surface area contributed by atoms with Gasteiger partial charge in [-0.3, -0.25) is 10.1 Å². The molecule has 0 unspecified atom stereocenters. The largest absolute Gasteiger partial charge is 0.488 e. The first-order valence-corrected chi connectivity index (χ1v) is 6.34. The zero-order valence-corrected chi connectivity index (χ0v) is 11.5. The SMILES string of the molecule is O=[N+]([O-])c1ccc(COc2cccc(Cl)c2CO)cc1F. The highest BCUT2D eigenvalue weighted by molar-refractivity contribution is 6.31. The van der Waals surface area contributed by atoms with Crippen LogP contribution in [0.5, 0.6) is 5.75 Å². The summed E-state index contributed by atoms with van der Waals surface area (Å²) in [7, 11) is 0. The van der Waals surface area contributed by atoms with Gasteiger partial charge in [0.15, 0.2) is 0 Å². The van der Waals surface area contributed by atoms with Crippen LogP contribution in [0.3, 0.4) is 0 Å². The monoisotopic (exact) mass is 311 g/mol. The summed E-state index contributed by atoms with van der Waals surface area (Å²) in [6.45, 7) is -0.286. The van der Waals surface area contributed by atoms with Crippen LogP contribution in [-0.2, 0) is 13.2 Å². The second-order valence-electron chi connectivity index (χ2n) is 4.21. The number of aliphatic hydroxyl groups excluding tert-OH is 1. The molecule has 0 saturated carbocycles. The third-order valence-electron chi connectivity index (χ3n) is 2.84. The van der Waals surface area contributed by atoms with Crippen LogP contribution in [0, 0.1) is 15.9 Å². The topological polar surface area (TPSA) is 72.6 Å². The van der Waals surface area contributed by atoms with Crippen molar-refractivity contribution in [2.24, 2.45) is 0 Å². The third-order valence-corrected chi connectivity index (χ3v) is 3.19. The molecule has 0 spiro atoms. The Kier molecular flexibility index (Phi) is 4.72. The fourth-order valence-electron chi connectivity index (χ4n) is 1.78. The Bertz CT molecular complexity index is 678. The van der Waals surface area contributed by atoms with Gasteiger partial charge in [0.25, 0.3) is 0 Å². The van der Waals surface area contributed by atoms with Crippen molar-refractivity contribution in [3.8, 4) is 5.75 Å². The Hall–Kier alpha value is -2.18. The van der Waals surface area contributed by atoms with E-state index in [0.29, 0.717) is 21.9 Å². The number of nitrogens with zero attached hydrogens (tertiary/aromatic N) is 1. The fourth-order valence-corrected chi connectivity index (χ4v) is 2.00. The molecule has 2 rings (SSSR count). The summed E-state index contributed by atoms with van der Waals surface area (Å²) in [4.78, 5) is 9.73. The van der Waals surface area contributed by atoms with Gasteiger partial charge >= 0.3 is 5.69 Å². The third kappa shape index (κ3) is 3.48. The lowest BCUT2D eigenvalue weighted by Gasteiger charge is -2.11. The molecule has 0 aliphatic heterocycles. The molecule has 0 saturated heterocycles. The molecule has 110 valence electrons. The molecular weight excluding hydrogens is 301 g/mol. The van der Waals surface area contributed by atoms with Gasteiger partial charge in [-0.25, -0.2) is 0 Å². The quantitative estimate of drug-likeness (QED) is 0.678. The van der Waals surface area contributed by atoms with Crippen molar-refractivity contribution in [1.29, 1.82) is 0 Å². The van der Waals surface area contributed by atoms with Gasteiger partial charge in [-0.15, -0.1) is 0 Å². The number of benzene rings is 2. The smallest absolute Gasteiger partial charge is 0.304 e. The predicted octanol–water partition coefficient (Wildman–Crippen LogP) is 3.46. The minimum atomic E-state index is -0.922. The molecule has 1 N–H and O–H groups in total. The van der Waals surface area contributed by atoms with Gasteiger partial charge in [0, 0.05) is 16.7 Å². The maximum absolute atomic E-state index is 13.5. The van der Waals surface area contributed by atoms with E-state index in [-0.39, 0.29) is 13.2 Å². The second-order valence-corrected chi connectivity index (χ2v) is 4.61. The van der Waals surface area contributed by atoms with Crippen molar-refractivity contribution in [3.63, 3.8) is 0 Å². The van der Waals surface area contributed by atoms with E-state index in [2.05, 4.69) is 0 Å². The summed E-state index contributed by atoms with van der Waals surface area (Å²) < 4.78 is 18.9. The highest BCUT2D eigenvalue weighted by atomic mass is 35.5. The summed E-state index contributed by atoms with van der Waals surface area (Å²) in [6, 6.07) is 8.43. The molecule has 0 radical (unpaired) electrons. The lowest BCUT2D eigenvalue weighted by molar-refractivity contribution is -0.387. The van der Waals surface area contributed by atoms with E-state index in [1.165, 1.54) is 6.07 Å². The number of nitro benzene ring substituents is 1. The molecule has 0 aliphatic rings. The van der Waals surface area contributed by atoms with Crippen molar-refractivity contribution in [1.82, 2.24) is 0 Å². The molecule has 0 heterocycles. The van der Waals surface area contributed by atoms with Crippen molar-refractivity contribution in [3.05, 3.63) is 68.5 Å². The minimum absolute atomic E-state index is 0.00224. The normalized spacial score (nSPS) is 10.4. The van der Waals surface area contributed by atoms with E-state index in [1.54, 1.807) is 18.2 Å². The summed E-state index contributed by atoms with van der Waals surface area (Å²) >= 11 is 5.92. The first kappa shape index (κ1) is 15.2. The Morgan fingerprint density at radius 2 is 2.10 bits per heavy atom. The first-order chi connectivity index (χ1) is 10.0. The number of aliphatic hydroxyl groups is 1. The molecule has 0 amide bonds. The molecule has 0 aromatic heterocycles. The van der Waals surface area contributed by atoms with Crippen LogP contribution in [0.1, 0.15) is 11.1 Å². The fraction of sp³-hybridized carbons (Fsp3) is 0.143. The first-order valence-electron chi connectivity index (χ1n) is 5.96. The summed E-state index contributed by atoms with van der Waals surface area (Å²) in [6.07, 6.45) is 0. The molecule has 5 nitrogen and oxygen atoms in total. The second kappa shape index (κ2) is 6.51. The number of ether oxygens (including phenoxy) is 1. The molecule has 0 atom stereocenters. The molecule has 0 aliphatic carbocycles. The molecule has 0 fully saturated rings. The van der Waals surface area contributed by atoms with Crippen molar-refractivity contribution in [2.45, 2.75) is 13.2 Å². The average Bonchev–Trinajstić information content (AvgIpc) is 2.44. The van der Waals surface area contributed by atoms with Crippen LogP contribution in [0.15, 0.2) is 36.4 Å². The standard InChI is InChI=1S/C14H11ClFNO4/c15-11-2-1-3-14(10(11)7-18)21-8-9-4-5-13(17(19)20)12(16)6-9/h1-6,18H,7-8H2. The number of hydrogen-bond donors (Lipinski definition) is 1. The van der Waals surface area contributed by atoms with Gasteiger partial charge in [0.1, 0.15) is 12.4 Å². The van der Waals surface area contributed by atoms with Crippen molar-refractivity contribution in [2.75, 3.05) is 0 Å². The van der Waals surface area contributed by atoms with Gasteiger partial charge in [-0.1, -0.05) is 17.7 Å². The van der Waals surface area contributed by atoms with Crippen molar-refractivity contribution >= 4 is 17.3 Å². The highest BCUT2D eigenvalue weighted by Gasteiger charge is 2.14. The van der Waals surface area contributed by atoms with Crippen LogP contribution in [-0.4, -0.2) is 10.0 Å². The van der Waals surface area contributed by atoms with Gasteiger partial charge in [-0.05, 0) is 29.8 Å². The molecule has 7 heteroatoms. The van der Waals surface area contributed by atoms with Gasteiger partial charge < -0.3 is 9.84 Å². The minimum Gasteiger partial charge on any atom is -0.488 e.